The number of hydrogen-bond donors (Lipinski definition) is 1. The molecule has 0 unspecified atom stereocenters. The van der Waals surface area contributed by atoms with Gasteiger partial charge in [-0.3, -0.25) is 4.79 Å². The van der Waals surface area contributed by atoms with Gasteiger partial charge < -0.3 is 28.7 Å². The summed E-state index contributed by atoms with van der Waals surface area (Å²) in [6, 6.07) is 12.6. The Morgan fingerprint density at radius 3 is 2.36 bits per heavy atom. The monoisotopic (exact) mass is 381 g/mol. The van der Waals surface area contributed by atoms with E-state index >= 15 is 0 Å². The molecule has 1 aromatic heterocycles. The van der Waals surface area contributed by atoms with Gasteiger partial charge in [-0.25, -0.2) is 0 Å². The van der Waals surface area contributed by atoms with Gasteiger partial charge in [-0.05, 0) is 41.5 Å². The molecular weight excluding hydrogens is 362 g/mol. The molecule has 7 heteroatoms. The van der Waals surface area contributed by atoms with Gasteiger partial charge in [0, 0.05) is 11.6 Å². The molecule has 7 nitrogen and oxygen atoms in total. The van der Waals surface area contributed by atoms with Crippen molar-refractivity contribution in [1.82, 2.24) is 4.98 Å². The van der Waals surface area contributed by atoms with Crippen LogP contribution in [0.3, 0.4) is 0 Å². The molecule has 0 radical (unpaired) electrons. The first-order valence-electron chi connectivity index (χ1n) is 8.58. The van der Waals surface area contributed by atoms with E-state index in [1.54, 1.807) is 20.3 Å². The normalized spacial score (nSPS) is 12.0. The van der Waals surface area contributed by atoms with Crippen molar-refractivity contribution in [1.29, 1.82) is 0 Å². The number of fused-ring (bicyclic) bond motifs is 1. The number of benzene rings is 2. The molecule has 0 saturated heterocycles. The van der Waals surface area contributed by atoms with Crippen LogP contribution in [-0.2, 0) is 0 Å². The molecule has 0 spiro atoms. The van der Waals surface area contributed by atoms with Crippen molar-refractivity contribution < 1.29 is 23.7 Å². The van der Waals surface area contributed by atoms with E-state index in [1.807, 2.05) is 30.3 Å². The number of rotatable bonds is 5. The number of nitrogens with one attached hydrogen (secondary N) is 1. The SMILES string of the molecule is COc1ccc(-c2cc(-c3ccc4c(c3)OCO4)cc(=O)[nH]2)c(OC)c1OC. The van der Waals surface area contributed by atoms with Gasteiger partial charge in [0.2, 0.25) is 18.1 Å². The Labute approximate surface area is 161 Å². The molecule has 0 saturated carbocycles. The minimum absolute atomic E-state index is 0.197. The van der Waals surface area contributed by atoms with E-state index in [-0.39, 0.29) is 12.4 Å². The second kappa shape index (κ2) is 7.19. The van der Waals surface area contributed by atoms with E-state index in [9.17, 15) is 4.79 Å². The Morgan fingerprint density at radius 1 is 0.821 bits per heavy atom. The average molecular weight is 381 g/mol. The molecular formula is C21H19NO6. The maximum absolute atomic E-state index is 12.4. The second-order valence-corrected chi connectivity index (χ2v) is 6.10. The third kappa shape index (κ3) is 3.00. The van der Waals surface area contributed by atoms with Crippen molar-refractivity contribution in [3.05, 3.63) is 52.8 Å². The van der Waals surface area contributed by atoms with E-state index < -0.39 is 0 Å². The van der Waals surface area contributed by atoms with Gasteiger partial charge in [0.1, 0.15) is 0 Å². The topological polar surface area (TPSA) is 79.0 Å². The fraction of sp³-hybridized carbons (Fsp3) is 0.190. The van der Waals surface area contributed by atoms with Crippen LogP contribution in [0.4, 0.5) is 0 Å². The number of H-pyrrole nitrogens is 1. The first kappa shape index (κ1) is 17.8. The number of pyridine rings is 1. The van der Waals surface area contributed by atoms with Crippen LogP contribution in [0.15, 0.2) is 47.3 Å². The lowest BCUT2D eigenvalue weighted by molar-refractivity contribution is 0.174. The number of hydrogen-bond acceptors (Lipinski definition) is 6. The molecule has 0 amide bonds. The molecule has 28 heavy (non-hydrogen) atoms. The minimum atomic E-state index is -0.234. The highest BCUT2D eigenvalue weighted by Gasteiger charge is 2.19. The van der Waals surface area contributed by atoms with Crippen LogP contribution >= 0.6 is 0 Å². The van der Waals surface area contributed by atoms with Crippen LogP contribution in [0, 0.1) is 0 Å². The Kier molecular flexibility index (Phi) is 4.57. The van der Waals surface area contributed by atoms with E-state index in [0.29, 0.717) is 40.0 Å². The molecule has 0 atom stereocenters. The highest BCUT2D eigenvalue weighted by molar-refractivity contribution is 5.78. The Bertz CT molecular complexity index is 1090. The summed E-state index contributed by atoms with van der Waals surface area (Å²) in [7, 11) is 4.63. The van der Waals surface area contributed by atoms with E-state index in [2.05, 4.69) is 4.98 Å². The third-order valence-electron chi connectivity index (χ3n) is 4.54. The van der Waals surface area contributed by atoms with Crippen molar-refractivity contribution in [2.45, 2.75) is 0 Å². The minimum Gasteiger partial charge on any atom is -0.493 e. The molecule has 144 valence electrons. The Hall–Kier alpha value is -3.61. The maximum atomic E-state index is 12.4. The van der Waals surface area contributed by atoms with Crippen molar-refractivity contribution in [2.24, 2.45) is 0 Å². The van der Waals surface area contributed by atoms with Crippen molar-refractivity contribution in [2.75, 3.05) is 28.1 Å². The summed E-state index contributed by atoms with van der Waals surface area (Å²) >= 11 is 0. The molecule has 0 fully saturated rings. The summed E-state index contributed by atoms with van der Waals surface area (Å²) in [5, 5.41) is 0. The van der Waals surface area contributed by atoms with Gasteiger partial charge in [-0.15, -0.1) is 0 Å². The molecule has 2 aromatic carbocycles. The number of methoxy groups -OCH3 is 3. The summed E-state index contributed by atoms with van der Waals surface area (Å²) in [5.41, 5.74) is 2.63. The first-order chi connectivity index (χ1) is 13.6. The predicted octanol–water partition coefficient (Wildman–Crippen LogP) is 3.46. The zero-order chi connectivity index (χ0) is 19.7. The van der Waals surface area contributed by atoms with E-state index in [1.165, 1.54) is 13.2 Å². The fourth-order valence-electron chi connectivity index (χ4n) is 3.24. The summed E-state index contributed by atoms with van der Waals surface area (Å²) in [4.78, 5) is 15.2. The summed E-state index contributed by atoms with van der Waals surface area (Å²) in [6.45, 7) is 0.197. The van der Waals surface area contributed by atoms with Crippen LogP contribution < -0.4 is 29.2 Å². The standard InChI is InChI=1S/C21H19NO6/c1-24-17-7-5-14(20(25-2)21(17)26-3)15-8-13(10-19(23)22-15)12-4-6-16-18(9-12)28-11-27-16/h4-10H,11H2,1-3H3,(H,22,23). The molecule has 1 aliphatic rings. The third-order valence-corrected chi connectivity index (χ3v) is 4.54. The summed E-state index contributed by atoms with van der Waals surface area (Å²) in [6.07, 6.45) is 0. The maximum Gasteiger partial charge on any atom is 0.249 e. The van der Waals surface area contributed by atoms with Gasteiger partial charge in [0.25, 0.3) is 0 Å². The van der Waals surface area contributed by atoms with Crippen LogP contribution in [0.5, 0.6) is 28.7 Å². The summed E-state index contributed by atoms with van der Waals surface area (Å²) < 4.78 is 27.1. The number of ether oxygens (including phenoxy) is 5. The zero-order valence-corrected chi connectivity index (χ0v) is 15.7. The molecule has 1 aliphatic heterocycles. The highest BCUT2D eigenvalue weighted by Crippen LogP contribution is 2.44. The van der Waals surface area contributed by atoms with Gasteiger partial charge >= 0.3 is 0 Å². The van der Waals surface area contributed by atoms with Crippen LogP contribution in [0.25, 0.3) is 22.4 Å². The number of aromatic nitrogens is 1. The van der Waals surface area contributed by atoms with Crippen LogP contribution in [0.2, 0.25) is 0 Å². The van der Waals surface area contributed by atoms with Crippen LogP contribution in [-0.4, -0.2) is 33.1 Å². The zero-order valence-electron chi connectivity index (χ0n) is 15.7. The van der Waals surface area contributed by atoms with E-state index in [0.717, 1.165) is 11.1 Å². The highest BCUT2D eigenvalue weighted by atomic mass is 16.7. The first-order valence-corrected chi connectivity index (χ1v) is 8.58. The summed E-state index contributed by atoms with van der Waals surface area (Å²) in [5.74, 6) is 2.81. The van der Waals surface area contributed by atoms with Crippen molar-refractivity contribution >= 4 is 0 Å². The van der Waals surface area contributed by atoms with E-state index in [4.69, 9.17) is 23.7 Å². The molecule has 3 aromatic rings. The van der Waals surface area contributed by atoms with Crippen molar-refractivity contribution in [3.63, 3.8) is 0 Å². The largest absolute Gasteiger partial charge is 0.493 e. The Balaban J connectivity index is 1.85. The molecule has 0 bridgehead atoms. The lowest BCUT2D eigenvalue weighted by Crippen LogP contribution is -2.07. The van der Waals surface area contributed by atoms with Gasteiger partial charge in [0.05, 0.1) is 27.0 Å². The fourth-order valence-corrected chi connectivity index (χ4v) is 3.24. The molecule has 2 heterocycles. The van der Waals surface area contributed by atoms with Crippen LogP contribution in [0.1, 0.15) is 0 Å². The van der Waals surface area contributed by atoms with Gasteiger partial charge in [-0.1, -0.05) is 6.07 Å². The molecule has 1 N–H and O–H groups in total. The molecule has 0 aliphatic carbocycles. The number of aromatic amines is 1. The van der Waals surface area contributed by atoms with Crippen molar-refractivity contribution in [3.8, 4) is 51.1 Å². The second-order valence-electron chi connectivity index (χ2n) is 6.10. The molecule has 4 rings (SSSR count). The van der Waals surface area contributed by atoms with Gasteiger partial charge in [0.15, 0.2) is 23.0 Å². The Morgan fingerprint density at radius 2 is 1.61 bits per heavy atom. The smallest absolute Gasteiger partial charge is 0.249 e. The lowest BCUT2D eigenvalue weighted by Gasteiger charge is -2.16. The quantitative estimate of drug-likeness (QED) is 0.729. The predicted molar refractivity (Wildman–Crippen MR) is 104 cm³/mol. The van der Waals surface area contributed by atoms with Gasteiger partial charge in [-0.2, -0.15) is 0 Å². The average Bonchev–Trinajstić information content (AvgIpc) is 3.19. The lowest BCUT2D eigenvalue weighted by atomic mass is 10.0.